The van der Waals surface area contributed by atoms with Crippen LogP contribution in [0.3, 0.4) is 0 Å². The van der Waals surface area contributed by atoms with Crippen LogP contribution in [0.1, 0.15) is 51.1 Å². The summed E-state index contributed by atoms with van der Waals surface area (Å²) in [6, 6.07) is 2.05. The van der Waals surface area contributed by atoms with Gasteiger partial charge in [0, 0.05) is 30.4 Å². The van der Waals surface area contributed by atoms with Crippen molar-refractivity contribution in [3.8, 4) is 0 Å². The van der Waals surface area contributed by atoms with Gasteiger partial charge in [-0.3, -0.25) is 9.89 Å². The quantitative estimate of drug-likeness (QED) is 0.893. The van der Waals surface area contributed by atoms with Crippen LogP contribution in [0.5, 0.6) is 0 Å². The SMILES string of the molecule is C[C@]1(O)CCCC[C@H]1[C@@H]1CCCN1C(=O)Cc1ccn[nH]1. The summed E-state index contributed by atoms with van der Waals surface area (Å²) in [5.41, 5.74) is 0.237. The van der Waals surface area contributed by atoms with Crippen molar-refractivity contribution in [2.24, 2.45) is 5.92 Å². The molecule has 1 aliphatic heterocycles. The number of carbonyl (C=O) groups is 1. The van der Waals surface area contributed by atoms with E-state index in [2.05, 4.69) is 10.2 Å². The summed E-state index contributed by atoms with van der Waals surface area (Å²) in [5.74, 6) is 0.377. The van der Waals surface area contributed by atoms with Crippen LogP contribution in [0, 0.1) is 5.92 Å². The summed E-state index contributed by atoms with van der Waals surface area (Å²) >= 11 is 0. The molecule has 2 fully saturated rings. The molecule has 0 aromatic carbocycles. The van der Waals surface area contributed by atoms with Crippen LogP contribution in [0.4, 0.5) is 0 Å². The number of rotatable bonds is 3. The molecular weight excluding hydrogens is 266 g/mol. The normalized spacial score (nSPS) is 33.3. The van der Waals surface area contributed by atoms with E-state index in [0.29, 0.717) is 6.42 Å². The number of aromatic nitrogens is 2. The second-order valence-electron chi connectivity index (χ2n) is 6.76. The third-order valence-corrected chi connectivity index (χ3v) is 5.23. The fourth-order valence-electron chi connectivity index (χ4n) is 4.12. The van der Waals surface area contributed by atoms with E-state index in [1.54, 1.807) is 6.20 Å². The Bertz CT molecular complexity index is 484. The van der Waals surface area contributed by atoms with Crippen LogP contribution in [0.2, 0.25) is 0 Å². The number of nitrogens with one attached hydrogen (secondary N) is 1. The van der Waals surface area contributed by atoms with Crippen LogP contribution in [0.15, 0.2) is 12.3 Å². The lowest BCUT2D eigenvalue weighted by Crippen LogP contribution is -2.50. The Morgan fingerprint density at radius 2 is 2.33 bits per heavy atom. The first-order valence-corrected chi connectivity index (χ1v) is 8.08. The van der Waals surface area contributed by atoms with Crippen molar-refractivity contribution in [3.05, 3.63) is 18.0 Å². The van der Waals surface area contributed by atoms with Crippen molar-refractivity contribution in [1.82, 2.24) is 15.1 Å². The highest BCUT2D eigenvalue weighted by atomic mass is 16.3. The molecule has 21 heavy (non-hydrogen) atoms. The van der Waals surface area contributed by atoms with E-state index < -0.39 is 5.60 Å². The zero-order valence-corrected chi connectivity index (χ0v) is 12.7. The molecule has 1 aliphatic carbocycles. The monoisotopic (exact) mass is 291 g/mol. The lowest BCUT2D eigenvalue weighted by atomic mass is 9.72. The number of carbonyl (C=O) groups excluding carboxylic acids is 1. The van der Waals surface area contributed by atoms with Gasteiger partial charge in [0.05, 0.1) is 12.0 Å². The maximum absolute atomic E-state index is 12.6. The van der Waals surface area contributed by atoms with Crippen LogP contribution in [-0.2, 0) is 11.2 Å². The molecule has 0 bridgehead atoms. The lowest BCUT2D eigenvalue weighted by molar-refractivity contribution is -0.135. The largest absolute Gasteiger partial charge is 0.390 e. The highest BCUT2D eigenvalue weighted by Crippen LogP contribution is 2.40. The zero-order valence-electron chi connectivity index (χ0n) is 12.7. The molecule has 3 rings (SSSR count). The number of aromatic amines is 1. The molecule has 1 saturated heterocycles. The van der Waals surface area contributed by atoms with Gasteiger partial charge in [0.2, 0.25) is 5.91 Å². The van der Waals surface area contributed by atoms with Crippen LogP contribution in [0.25, 0.3) is 0 Å². The molecule has 1 aromatic heterocycles. The maximum atomic E-state index is 12.6. The first-order valence-electron chi connectivity index (χ1n) is 8.08. The molecule has 1 aromatic rings. The van der Waals surface area contributed by atoms with Crippen LogP contribution in [-0.4, -0.2) is 44.3 Å². The molecule has 116 valence electrons. The molecule has 5 heteroatoms. The molecule has 5 nitrogen and oxygen atoms in total. The van der Waals surface area contributed by atoms with Crippen molar-refractivity contribution < 1.29 is 9.90 Å². The summed E-state index contributed by atoms with van der Waals surface area (Å²) < 4.78 is 0. The Morgan fingerprint density at radius 3 is 3.05 bits per heavy atom. The summed E-state index contributed by atoms with van der Waals surface area (Å²) in [6.07, 6.45) is 8.28. The number of likely N-dealkylation sites (tertiary alicyclic amines) is 1. The van der Waals surface area contributed by atoms with E-state index in [-0.39, 0.29) is 17.9 Å². The first-order chi connectivity index (χ1) is 10.1. The smallest absolute Gasteiger partial charge is 0.228 e. The third kappa shape index (κ3) is 2.98. The molecule has 2 N–H and O–H groups in total. The van der Waals surface area contributed by atoms with Crippen molar-refractivity contribution in [2.75, 3.05) is 6.54 Å². The van der Waals surface area contributed by atoms with Crippen molar-refractivity contribution in [3.63, 3.8) is 0 Å². The average Bonchev–Trinajstić information content (AvgIpc) is 3.08. The Balaban J connectivity index is 1.71. The van der Waals surface area contributed by atoms with Gasteiger partial charge in [0.15, 0.2) is 0 Å². The molecular formula is C16H25N3O2. The summed E-state index contributed by atoms with van der Waals surface area (Å²) in [5, 5.41) is 17.5. The maximum Gasteiger partial charge on any atom is 0.228 e. The van der Waals surface area contributed by atoms with Crippen molar-refractivity contribution in [1.29, 1.82) is 0 Å². The van der Waals surface area contributed by atoms with E-state index in [1.807, 2.05) is 17.9 Å². The fourth-order valence-corrected chi connectivity index (χ4v) is 4.12. The van der Waals surface area contributed by atoms with Crippen molar-refractivity contribution >= 4 is 5.91 Å². The van der Waals surface area contributed by atoms with E-state index in [1.165, 1.54) is 6.42 Å². The standard InChI is InChI=1S/C16H25N3O2/c1-16(21)8-3-2-5-13(16)14-6-4-10-19(14)15(20)11-12-7-9-17-18-12/h7,9,13-14,21H,2-6,8,10-11H2,1H3,(H,17,18)/t13-,14-,16-/m0/s1. The van der Waals surface area contributed by atoms with E-state index in [4.69, 9.17) is 0 Å². The van der Waals surface area contributed by atoms with Gasteiger partial charge in [-0.2, -0.15) is 5.10 Å². The Kier molecular flexibility index (Phi) is 4.02. The van der Waals surface area contributed by atoms with E-state index in [9.17, 15) is 9.90 Å². The molecule has 2 heterocycles. The van der Waals surface area contributed by atoms with Gasteiger partial charge < -0.3 is 10.0 Å². The summed E-state index contributed by atoms with van der Waals surface area (Å²) in [4.78, 5) is 14.6. The molecule has 3 atom stereocenters. The highest BCUT2D eigenvalue weighted by molar-refractivity contribution is 5.79. The van der Waals surface area contributed by atoms with Crippen LogP contribution < -0.4 is 0 Å². The van der Waals surface area contributed by atoms with Gasteiger partial charge in [0.1, 0.15) is 0 Å². The Morgan fingerprint density at radius 1 is 1.48 bits per heavy atom. The predicted octanol–water partition coefficient (Wildman–Crippen LogP) is 1.88. The van der Waals surface area contributed by atoms with Gasteiger partial charge in [-0.1, -0.05) is 12.8 Å². The minimum Gasteiger partial charge on any atom is -0.390 e. The number of H-pyrrole nitrogens is 1. The lowest BCUT2D eigenvalue weighted by Gasteiger charge is -2.43. The number of hydrogen-bond donors (Lipinski definition) is 2. The minimum absolute atomic E-state index is 0.156. The Labute approximate surface area is 125 Å². The zero-order chi connectivity index (χ0) is 14.9. The van der Waals surface area contributed by atoms with E-state index >= 15 is 0 Å². The number of nitrogens with zero attached hydrogens (tertiary/aromatic N) is 2. The van der Waals surface area contributed by atoms with Gasteiger partial charge >= 0.3 is 0 Å². The Hall–Kier alpha value is -1.36. The average molecular weight is 291 g/mol. The summed E-state index contributed by atoms with van der Waals surface area (Å²) in [7, 11) is 0. The van der Waals surface area contributed by atoms with Gasteiger partial charge in [-0.25, -0.2) is 0 Å². The second kappa shape index (κ2) is 5.79. The molecule has 0 radical (unpaired) electrons. The predicted molar refractivity (Wildman–Crippen MR) is 79.6 cm³/mol. The van der Waals surface area contributed by atoms with Gasteiger partial charge in [0.25, 0.3) is 0 Å². The number of amides is 1. The molecule has 1 amide bonds. The minimum atomic E-state index is -0.625. The van der Waals surface area contributed by atoms with Gasteiger partial charge in [-0.05, 0) is 38.7 Å². The van der Waals surface area contributed by atoms with Crippen LogP contribution >= 0.6 is 0 Å². The topological polar surface area (TPSA) is 69.2 Å². The molecule has 0 unspecified atom stereocenters. The number of hydrogen-bond acceptors (Lipinski definition) is 3. The summed E-state index contributed by atoms with van der Waals surface area (Å²) in [6.45, 7) is 2.77. The second-order valence-corrected chi connectivity index (χ2v) is 6.76. The third-order valence-electron chi connectivity index (χ3n) is 5.23. The molecule has 2 aliphatic rings. The highest BCUT2D eigenvalue weighted by Gasteiger charge is 2.44. The van der Waals surface area contributed by atoms with Gasteiger partial charge in [-0.15, -0.1) is 0 Å². The van der Waals surface area contributed by atoms with E-state index in [0.717, 1.165) is 44.3 Å². The number of aliphatic hydroxyl groups is 1. The molecule has 0 spiro atoms. The fraction of sp³-hybridized carbons (Fsp3) is 0.750. The van der Waals surface area contributed by atoms with Crippen molar-refractivity contribution in [2.45, 2.75) is 63.5 Å². The first kappa shape index (κ1) is 14.6. The molecule has 1 saturated carbocycles.